The fourth-order valence-corrected chi connectivity index (χ4v) is 3.46. The molecule has 0 saturated carbocycles. The van der Waals surface area contributed by atoms with Gasteiger partial charge in [0.1, 0.15) is 6.04 Å². The molecule has 2 aromatic carbocycles. The van der Waals surface area contributed by atoms with Crippen LogP contribution in [-0.2, 0) is 4.79 Å². The highest BCUT2D eigenvalue weighted by molar-refractivity contribution is 6.35. The van der Waals surface area contributed by atoms with E-state index in [2.05, 4.69) is 10.6 Å². The lowest BCUT2D eigenvalue weighted by Gasteiger charge is -2.20. The number of hydrogen-bond acceptors (Lipinski definition) is 6. The van der Waals surface area contributed by atoms with Crippen molar-refractivity contribution in [2.75, 3.05) is 5.32 Å². The number of nitro groups is 2. The number of anilines is 1. The number of nitro benzene ring substituents is 2. The summed E-state index contributed by atoms with van der Waals surface area (Å²) in [5, 5.41) is 27.0. The van der Waals surface area contributed by atoms with Gasteiger partial charge in [-0.15, -0.1) is 0 Å². The molecule has 1 atom stereocenters. The highest BCUT2D eigenvalue weighted by atomic mass is 35.5. The molecule has 0 aliphatic heterocycles. The predicted octanol–water partition coefficient (Wildman–Crippen LogP) is 4.56. The molecule has 0 aromatic heterocycles. The molecule has 10 nitrogen and oxygen atoms in total. The Morgan fingerprint density at radius 3 is 1.91 bits per heavy atom. The second kappa shape index (κ2) is 10.2. The minimum Gasteiger partial charge on any atom is -0.340 e. The van der Waals surface area contributed by atoms with Crippen LogP contribution >= 0.6 is 11.6 Å². The molecule has 0 radical (unpaired) electrons. The van der Waals surface area contributed by atoms with Crippen molar-refractivity contribution in [3.8, 4) is 0 Å². The minimum atomic E-state index is -0.975. The number of amides is 2. The van der Waals surface area contributed by atoms with Crippen LogP contribution in [0.5, 0.6) is 0 Å². The molecule has 170 valence electrons. The van der Waals surface area contributed by atoms with Gasteiger partial charge in [-0.3, -0.25) is 29.8 Å². The van der Waals surface area contributed by atoms with Gasteiger partial charge in [0.25, 0.3) is 17.3 Å². The van der Waals surface area contributed by atoms with E-state index in [1.165, 1.54) is 0 Å². The molecular formula is C21H23ClN4O6. The van der Waals surface area contributed by atoms with Gasteiger partial charge in [-0.1, -0.05) is 31.5 Å². The van der Waals surface area contributed by atoms with Gasteiger partial charge >= 0.3 is 0 Å². The van der Waals surface area contributed by atoms with E-state index in [9.17, 15) is 29.8 Å². The number of aryl methyl sites for hydroxylation is 2. The highest BCUT2D eigenvalue weighted by Gasteiger charge is 2.29. The standard InChI is InChI=1S/C21H23ClN4O6/c1-11(2)5-16(21(28)23-15-7-12(3)6-13(4)8-15)24-20(27)14-9-17(25(29)30)19(22)18(10-14)26(31)32/h6-11,16H,5H2,1-4H3,(H,23,28)(H,24,27)/t16-/m1/s1. The van der Waals surface area contributed by atoms with E-state index in [-0.39, 0.29) is 17.9 Å². The van der Waals surface area contributed by atoms with Crippen LogP contribution in [0, 0.1) is 40.0 Å². The summed E-state index contributed by atoms with van der Waals surface area (Å²) in [7, 11) is 0. The van der Waals surface area contributed by atoms with Crippen LogP contribution in [0.25, 0.3) is 0 Å². The van der Waals surface area contributed by atoms with Gasteiger partial charge in [-0.05, 0) is 49.4 Å². The van der Waals surface area contributed by atoms with Crippen molar-refractivity contribution in [2.45, 2.75) is 40.2 Å². The lowest BCUT2D eigenvalue weighted by atomic mass is 10.0. The van der Waals surface area contributed by atoms with E-state index in [0.29, 0.717) is 5.69 Å². The van der Waals surface area contributed by atoms with Crippen LogP contribution in [0.15, 0.2) is 30.3 Å². The molecule has 2 N–H and O–H groups in total. The van der Waals surface area contributed by atoms with Crippen molar-refractivity contribution >= 4 is 40.5 Å². The lowest BCUT2D eigenvalue weighted by Crippen LogP contribution is -2.44. The van der Waals surface area contributed by atoms with Gasteiger partial charge in [0, 0.05) is 17.8 Å². The van der Waals surface area contributed by atoms with E-state index < -0.39 is 44.1 Å². The third kappa shape index (κ3) is 6.24. The van der Waals surface area contributed by atoms with Crippen molar-refractivity contribution in [1.29, 1.82) is 0 Å². The Bertz CT molecular complexity index is 1030. The number of nitrogens with zero attached hydrogens (tertiary/aromatic N) is 2. The zero-order valence-corrected chi connectivity index (χ0v) is 18.7. The topological polar surface area (TPSA) is 144 Å². The van der Waals surface area contributed by atoms with Crippen molar-refractivity contribution < 1.29 is 19.4 Å². The Morgan fingerprint density at radius 1 is 0.969 bits per heavy atom. The van der Waals surface area contributed by atoms with Crippen LogP contribution < -0.4 is 10.6 Å². The first-order valence-electron chi connectivity index (χ1n) is 9.71. The third-order valence-corrected chi connectivity index (χ3v) is 4.90. The molecule has 0 fully saturated rings. The van der Waals surface area contributed by atoms with E-state index >= 15 is 0 Å². The summed E-state index contributed by atoms with van der Waals surface area (Å²) in [4.78, 5) is 46.3. The first-order valence-corrected chi connectivity index (χ1v) is 10.1. The van der Waals surface area contributed by atoms with Crippen LogP contribution in [0.3, 0.4) is 0 Å². The van der Waals surface area contributed by atoms with Crippen LogP contribution in [0.2, 0.25) is 5.02 Å². The SMILES string of the molecule is Cc1cc(C)cc(NC(=O)[C@@H](CC(C)C)NC(=O)c2cc([N+](=O)[O-])c(Cl)c([N+](=O)[O-])c2)c1. The molecule has 2 amide bonds. The van der Waals surface area contributed by atoms with E-state index in [1.807, 2.05) is 33.8 Å². The molecule has 0 bridgehead atoms. The van der Waals surface area contributed by atoms with Gasteiger partial charge in [0.05, 0.1) is 15.4 Å². The van der Waals surface area contributed by atoms with E-state index in [4.69, 9.17) is 11.6 Å². The lowest BCUT2D eigenvalue weighted by molar-refractivity contribution is -0.393. The number of hydrogen-bond donors (Lipinski definition) is 2. The third-order valence-electron chi connectivity index (χ3n) is 4.51. The molecule has 2 rings (SSSR count). The zero-order valence-electron chi connectivity index (χ0n) is 18.0. The summed E-state index contributed by atoms with van der Waals surface area (Å²) in [5.74, 6) is -1.32. The normalized spacial score (nSPS) is 11.7. The van der Waals surface area contributed by atoms with Crippen molar-refractivity contribution in [3.05, 3.63) is 72.3 Å². The Hall–Kier alpha value is -3.53. The second-order valence-corrected chi connectivity index (χ2v) is 8.24. The smallest absolute Gasteiger partial charge is 0.295 e. The van der Waals surface area contributed by atoms with E-state index in [0.717, 1.165) is 23.3 Å². The van der Waals surface area contributed by atoms with Crippen molar-refractivity contribution in [3.63, 3.8) is 0 Å². The predicted molar refractivity (Wildman–Crippen MR) is 120 cm³/mol. The highest BCUT2D eigenvalue weighted by Crippen LogP contribution is 2.35. The molecule has 11 heteroatoms. The van der Waals surface area contributed by atoms with Crippen LogP contribution in [-0.4, -0.2) is 27.7 Å². The fourth-order valence-electron chi connectivity index (χ4n) is 3.21. The second-order valence-electron chi connectivity index (χ2n) is 7.86. The number of rotatable bonds is 8. The van der Waals surface area contributed by atoms with Crippen molar-refractivity contribution in [1.82, 2.24) is 5.32 Å². The van der Waals surface area contributed by atoms with E-state index in [1.54, 1.807) is 12.1 Å². The number of halogens is 1. The average molecular weight is 463 g/mol. The first-order chi connectivity index (χ1) is 14.9. The summed E-state index contributed by atoms with van der Waals surface area (Å²) in [6, 6.07) is 6.23. The van der Waals surface area contributed by atoms with Gasteiger partial charge in [-0.2, -0.15) is 0 Å². The molecule has 0 spiro atoms. The number of carbonyl (C=O) groups excluding carboxylic acids is 2. The molecule has 2 aromatic rings. The Kier molecular flexibility index (Phi) is 7.87. The number of carbonyl (C=O) groups is 2. The maximum atomic E-state index is 12.9. The quantitative estimate of drug-likeness (QED) is 0.434. The number of benzene rings is 2. The summed E-state index contributed by atoms with van der Waals surface area (Å²) in [6.07, 6.45) is 0.278. The Morgan fingerprint density at radius 2 is 1.47 bits per heavy atom. The Balaban J connectivity index is 2.34. The maximum Gasteiger partial charge on any atom is 0.295 e. The van der Waals surface area contributed by atoms with Gasteiger partial charge in [0.2, 0.25) is 5.91 Å². The summed E-state index contributed by atoms with van der Waals surface area (Å²) in [5.41, 5.74) is 0.572. The average Bonchev–Trinajstić information content (AvgIpc) is 2.65. The summed E-state index contributed by atoms with van der Waals surface area (Å²) in [6.45, 7) is 7.50. The summed E-state index contributed by atoms with van der Waals surface area (Å²) < 4.78 is 0. The largest absolute Gasteiger partial charge is 0.340 e. The monoisotopic (exact) mass is 462 g/mol. The first kappa shape index (κ1) is 24.7. The molecule has 32 heavy (non-hydrogen) atoms. The maximum absolute atomic E-state index is 12.9. The minimum absolute atomic E-state index is 0.0270. The molecule has 0 aliphatic rings. The molecule has 0 heterocycles. The molecule has 0 saturated heterocycles. The van der Waals surface area contributed by atoms with Crippen LogP contribution in [0.1, 0.15) is 41.8 Å². The van der Waals surface area contributed by atoms with Crippen molar-refractivity contribution in [2.24, 2.45) is 5.92 Å². The number of nitrogens with one attached hydrogen (secondary N) is 2. The van der Waals surface area contributed by atoms with Gasteiger partial charge < -0.3 is 10.6 Å². The van der Waals surface area contributed by atoms with Gasteiger partial charge in [0.15, 0.2) is 5.02 Å². The molecule has 0 unspecified atom stereocenters. The van der Waals surface area contributed by atoms with Crippen LogP contribution in [0.4, 0.5) is 17.1 Å². The Labute approximate surface area is 189 Å². The molecule has 0 aliphatic carbocycles. The molecular weight excluding hydrogens is 440 g/mol. The zero-order chi connectivity index (χ0) is 24.2. The van der Waals surface area contributed by atoms with Gasteiger partial charge in [-0.25, -0.2) is 0 Å². The fraction of sp³-hybridized carbons (Fsp3) is 0.333. The summed E-state index contributed by atoms with van der Waals surface area (Å²) >= 11 is 5.74.